The van der Waals surface area contributed by atoms with Crippen molar-refractivity contribution in [2.45, 2.75) is 6.42 Å². The Balaban J connectivity index is 2.42. The first kappa shape index (κ1) is 13.8. The van der Waals surface area contributed by atoms with E-state index in [1.807, 2.05) is 31.1 Å². The zero-order valence-electron chi connectivity index (χ0n) is 10.4. The molecule has 0 unspecified atom stereocenters. The number of amides is 2. The third-order valence-corrected chi connectivity index (χ3v) is 2.30. The molecule has 0 atom stereocenters. The number of carbonyl (C=O) groups excluding carboxylic acids is 1. The number of benzene rings is 1. The summed E-state index contributed by atoms with van der Waals surface area (Å²) in [5.74, 6) is -0.221. The molecule has 6 heteroatoms. The Morgan fingerprint density at radius 2 is 1.83 bits per heavy atom. The summed E-state index contributed by atoms with van der Waals surface area (Å²) in [5.41, 5.74) is 1.74. The fourth-order valence-corrected chi connectivity index (χ4v) is 1.35. The molecule has 0 bridgehead atoms. The van der Waals surface area contributed by atoms with E-state index in [0.29, 0.717) is 5.69 Å². The maximum atomic E-state index is 11.5. The number of hydrogen-bond acceptors (Lipinski definition) is 3. The third kappa shape index (κ3) is 4.73. The van der Waals surface area contributed by atoms with Gasteiger partial charge in [-0.15, -0.1) is 0 Å². The van der Waals surface area contributed by atoms with Gasteiger partial charge in [0.05, 0.1) is 0 Å². The second kappa shape index (κ2) is 6.48. The lowest BCUT2D eigenvalue weighted by Gasteiger charge is -2.13. The fraction of sp³-hybridized carbons (Fsp3) is 0.333. The Morgan fingerprint density at radius 3 is 2.33 bits per heavy atom. The molecular weight excluding hydrogens is 234 g/mol. The van der Waals surface area contributed by atoms with Gasteiger partial charge in [-0.3, -0.25) is 4.79 Å². The fourth-order valence-electron chi connectivity index (χ4n) is 1.35. The van der Waals surface area contributed by atoms with Gasteiger partial charge in [-0.25, -0.2) is 4.79 Å². The van der Waals surface area contributed by atoms with Gasteiger partial charge in [0, 0.05) is 38.4 Å². The molecule has 0 fully saturated rings. The normalized spacial score (nSPS) is 9.67. The van der Waals surface area contributed by atoms with Crippen LogP contribution in [0.5, 0.6) is 0 Å². The summed E-state index contributed by atoms with van der Waals surface area (Å²) in [5, 5.41) is 13.2. The van der Waals surface area contributed by atoms with E-state index in [4.69, 9.17) is 5.11 Å². The van der Waals surface area contributed by atoms with E-state index >= 15 is 0 Å². The summed E-state index contributed by atoms with van der Waals surface area (Å²) in [6.07, 6.45) is -1.01. The summed E-state index contributed by atoms with van der Waals surface area (Å²) in [7, 11) is 3.87. The highest BCUT2D eigenvalue weighted by Gasteiger charge is 2.03. The first-order chi connectivity index (χ1) is 8.49. The molecule has 0 aliphatic heterocycles. The lowest BCUT2D eigenvalue weighted by molar-refractivity contribution is -0.116. The summed E-state index contributed by atoms with van der Waals surface area (Å²) < 4.78 is 0. The van der Waals surface area contributed by atoms with Crippen LogP contribution in [-0.2, 0) is 4.79 Å². The molecular formula is C12H17N3O3. The SMILES string of the molecule is CN(C)c1ccc(NC(=O)CCNC(=O)O)cc1. The van der Waals surface area contributed by atoms with Crippen molar-refractivity contribution in [1.82, 2.24) is 5.32 Å². The molecule has 0 spiro atoms. The van der Waals surface area contributed by atoms with E-state index in [0.717, 1.165) is 5.69 Å². The van der Waals surface area contributed by atoms with Crippen LogP contribution in [0.25, 0.3) is 0 Å². The molecule has 1 rings (SSSR count). The van der Waals surface area contributed by atoms with Gasteiger partial charge in [-0.05, 0) is 24.3 Å². The van der Waals surface area contributed by atoms with Crippen molar-refractivity contribution in [3.63, 3.8) is 0 Å². The first-order valence-corrected chi connectivity index (χ1v) is 5.53. The zero-order chi connectivity index (χ0) is 13.5. The minimum Gasteiger partial charge on any atom is -0.465 e. The number of hydrogen-bond donors (Lipinski definition) is 3. The lowest BCUT2D eigenvalue weighted by atomic mass is 10.2. The van der Waals surface area contributed by atoms with Crippen LogP contribution in [0.3, 0.4) is 0 Å². The van der Waals surface area contributed by atoms with E-state index in [9.17, 15) is 9.59 Å². The van der Waals surface area contributed by atoms with Crippen LogP contribution in [0.15, 0.2) is 24.3 Å². The van der Waals surface area contributed by atoms with Crippen LogP contribution in [-0.4, -0.2) is 37.7 Å². The van der Waals surface area contributed by atoms with Crippen LogP contribution >= 0.6 is 0 Å². The van der Waals surface area contributed by atoms with Crippen LogP contribution in [0, 0.1) is 0 Å². The average Bonchev–Trinajstić information content (AvgIpc) is 2.29. The predicted molar refractivity (Wildman–Crippen MR) is 70.0 cm³/mol. The Labute approximate surface area is 106 Å². The molecule has 1 aromatic carbocycles. The number of anilines is 2. The number of carboxylic acid groups (broad SMARTS) is 1. The summed E-state index contributed by atoms with van der Waals surface area (Å²) >= 11 is 0. The Hall–Kier alpha value is -2.24. The van der Waals surface area contributed by atoms with Crippen molar-refractivity contribution >= 4 is 23.4 Å². The van der Waals surface area contributed by atoms with Crippen LogP contribution in [0.4, 0.5) is 16.2 Å². The summed E-state index contributed by atoms with van der Waals surface area (Å²) in [6, 6.07) is 7.39. The van der Waals surface area contributed by atoms with Gasteiger partial charge in [0.25, 0.3) is 0 Å². The maximum Gasteiger partial charge on any atom is 0.404 e. The largest absolute Gasteiger partial charge is 0.465 e. The second-order valence-corrected chi connectivity index (χ2v) is 3.97. The van der Waals surface area contributed by atoms with Gasteiger partial charge < -0.3 is 20.6 Å². The van der Waals surface area contributed by atoms with E-state index in [1.54, 1.807) is 12.1 Å². The van der Waals surface area contributed by atoms with E-state index < -0.39 is 6.09 Å². The minimum absolute atomic E-state index is 0.108. The topological polar surface area (TPSA) is 81.7 Å². The summed E-state index contributed by atoms with van der Waals surface area (Å²) in [4.78, 5) is 23.6. The second-order valence-electron chi connectivity index (χ2n) is 3.97. The molecule has 0 aliphatic rings. The lowest BCUT2D eigenvalue weighted by Crippen LogP contribution is -2.25. The van der Waals surface area contributed by atoms with Gasteiger partial charge in [-0.1, -0.05) is 0 Å². The highest BCUT2D eigenvalue weighted by atomic mass is 16.4. The van der Waals surface area contributed by atoms with E-state index in [-0.39, 0.29) is 18.9 Å². The Kier molecular flexibility index (Phi) is 4.98. The Bertz CT molecular complexity index is 415. The van der Waals surface area contributed by atoms with Crippen molar-refractivity contribution in [2.24, 2.45) is 0 Å². The number of nitrogens with zero attached hydrogens (tertiary/aromatic N) is 1. The molecule has 3 N–H and O–H groups in total. The highest BCUT2D eigenvalue weighted by molar-refractivity contribution is 5.91. The molecule has 2 amide bonds. The molecule has 0 saturated heterocycles. The van der Waals surface area contributed by atoms with Crippen molar-refractivity contribution in [1.29, 1.82) is 0 Å². The molecule has 0 saturated carbocycles. The van der Waals surface area contributed by atoms with Crippen molar-refractivity contribution in [2.75, 3.05) is 30.9 Å². The van der Waals surface area contributed by atoms with Crippen molar-refractivity contribution in [3.05, 3.63) is 24.3 Å². The molecule has 0 heterocycles. The van der Waals surface area contributed by atoms with Crippen molar-refractivity contribution in [3.8, 4) is 0 Å². The van der Waals surface area contributed by atoms with Gasteiger partial charge in [-0.2, -0.15) is 0 Å². The minimum atomic E-state index is -1.13. The monoisotopic (exact) mass is 251 g/mol. The van der Waals surface area contributed by atoms with Crippen LogP contribution in [0.1, 0.15) is 6.42 Å². The highest BCUT2D eigenvalue weighted by Crippen LogP contribution is 2.15. The van der Waals surface area contributed by atoms with Crippen molar-refractivity contribution < 1.29 is 14.7 Å². The average molecular weight is 251 g/mol. The molecule has 0 aromatic heterocycles. The molecule has 6 nitrogen and oxygen atoms in total. The van der Waals surface area contributed by atoms with Gasteiger partial charge in [0.1, 0.15) is 0 Å². The molecule has 1 aromatic rings. The molecule has 0 aliphatic carbocycles. The quantitative estimate of drug-likeness (QED) is 0.737. The first-order valence-electron chi connectivity index (χ1n) is 5.53. The molecule has 0 radical (unpaired) electrons. The number of carbonyl (C=O) groups is 2. The summed E-state index contributed by atoms with van der Waals surface area (Å²) in [6.45, 7) is 0.108. The number of nitrogens with one attached hydrogen (secondary N) is 2. The predicted octanol–water partition coefficient (Wildman–Crippen LogP) is 1.35. The van der Waals surface area contributed by atoms with Crippen LogP contribution < -0.4 is 15.5 Å². The van der Waals surface area contributed by atoms with Gasteiger partial charge >= 0.3 is 6.09 Å². The standard InChI is InChI=1S/C12H17N3O3/c1-15(2)10-5-3-9(4-6-10)14-11(16)7-8-13-12(17)18/h3-6,13H,7-8H2,1-2H3,(H,14,16)(H,17,18). The number of rotatable bonds is 5. The maximum absolute atomic E-state index is 11.5. The van der Waals surface area contributed by atoms with Crippen LogP contribution in [0.2, 0.25) is 0 Å². The molecule has 18 heavy (non-hydrogen) atoms. The van der Waals surface area contributed by atoms with E-state index in [1.165, 1.54) is 0 Å². The smallest absolute Gasteiger partial charge is 0.404 e. The Morgan fingerprint density at radius 1 is 1.22 bits per heavy atom. The van der Waals surface area contributed by atoms with E-state index in [2.05, 4.69) is 10.6 Å². The third-order valence-electron chi connectivity index (χ3n) is 2.30. The van der Waals surface area contributed by atoms with Gasteiger partial charge in [0.15, 0.2) is 0 Å². The zero-order valence-corrected chi connectivity index (χ0v) is 10.4. The molecule has 98 valence electrons. The van der Waals surface area contributed by atoms with Gasteiger partial charge in [0.2, 0.25) is 5.91 Å².